The Morgan fingerprint density at radius 3 is 2.61 bits per heavy atom. The van der Waals surface area contributed by atoms with E-state index in [1.807, 2.05) is 29.6 Å². The number of aryl methyl sites for hydroxylation is 2. The lowest BCUT2D eigenvalue weighted by Gasteiger charge is -2.21. The molecule has 3 N–H and O–H groups in total. The first-order valence-corrected chi connectivity index (χ1v) is 13.1. The molecule has 3 heterocycles. The van der Waals surface area contributed by atoms with Crippen molar-refractivity contribution in [3.63, 3.8) is 0 Å². The number of aromatic hydroxyl groups is 1. The van der Waals surface area contributed by atoms with Crippen LogP contribution in [0.5, 0.6) is 5.75 Å². The highest BCUT2D eigenvalue weighted by atomic mass is 32.2. The van der Waals surface area contributed by atoms with Gasteiger partial charge in [-0.25, -0.2) is 14.1 Å². The summed E-state index contributed by atoms with van der Waals surface area (Å²) < 4.78 is 14.9. The number of aromatic nitrogens is 3. The number of carbonyl (C=O) groups is 1. The molecular formula is C25H23FN6O2S2. The number of phenols is 1. The third-order valence-electron chi connectivity index (χ3n) is 5.86. The fourth-order valence-electron chi connectivity index (χ4n) is 3.96. The van der Waals surface area contributed by atoms with Gasteiger partial charge in [0.1, 0.15) is 11.6 Å². The number of carbonyl (C=O) groups excluding carboxylic acids is 1. The van der Waals surface area contributed by atoms with Gasteiger partial charge in [0.2, 0.25) is 5.16 Å². The Kier molecular flexibility index (Phi) is 7.01. The van der Waals surface area contributed by atoms with E-state index in [-0.39, 0.29) is 29.3 Å². The highest BCUT2D eigenvalue weighted by Crippen LogP contribution is 2.34. The van der Waals surface area contributed by atoms with Gasteiger partial charge in [0.15, 0.2) is 5.82 Å². The molecule has 184 valence electrons. The van der Waals surface area contributed by atoms with E-state index in [4.69, 9.17) is 5.84 Å². The van der Waals surface area contributed by atoms with Gasteiger partial charge in [-0.05, 0) is 53.3 Å². The van der Waals surface area contributed by atoms with E-state index < -0.39 is 0 Å². The number of hydrazone groups is 1. The molecule has 4 aromatic rings. The average molecular weight is 523 g/mol. The number of amides is 1. The quantitative estimate of drug-likeness (QED) is 0.266. The number of thiophene rings is 1. The molecule has 0 fully saturated rings. The van der Waals surface area contributed by atoms with E-state index in [1.54, 1.807) is 35.6 Å². The summed E-state index contributed by atoms with van der Waals surface area (Å²) in [4.78, 5) is 14.3. The average Bonchev–Trinajstić information content (AvgIpc) is 3.63. The third-order valence-corrected chi connectivity index (χ3v) is 7.71. The number of benzene rings is 2. The lowest BCUT2D eigenvalue weighted by atomic mass is 10.0. The molecule has 1 amide bonds. The molecule has 1 unspecified atom stereocenters. The molecule has 0 aliphatic carbocycles. The van der Waals surface area contributed by atoms with Crippen molar-refractivity contribution >= 4 is 34.7 Å². The Labute approximate surface area is 215 Å². The molecule has 36 heavy (non-hydrogen) atoms. The molecule has 0 saturated heterocycles. The standard InChI is InChI=1S/C25H23FN6O2S2/c26-18-8-6-17(7-9-18)21-14-20(22-2-1-13-35-22)30-32(21)24(34)15-36-25-29-28-23(31(25)27)12-5-16-3-10-19(33)11-4-16/h1-4,6-11,13,21,33H,5,12,14-15,27H2. The summed E-state index contributed by atoms with van der Waals surface area (Å²) in [5, 5.41) is 26.3. The topological polar surface area (TPSA) is 110 Å². The van der Waals surface area contributed by atoms with Gasteiger partial charge < -0.3 is 10.9 Å². The number of phenolic OH excluding ortho intramolecular Hbond substituents is 1. The van der Waals surface area contributed by atoms with Crippen LogP contribution in [0.15, 0.2) is 76.3 Å². The fraction of sp³-hybridized carbons (Fsp3) is 0.200. The predicted octanol–water partition coefficient (Wildman–Crippen LogP) is 4.15. The second-order valence-electron chi connectivity index (χ2n) is 8.26. The smallest absolute Gasteiger partial charge is 0.253 e. The maximum atomic E-state index is 13.5. The van der Waals surface area contributed by atoms with Gasteiger partial charge in [0, 0.05) is 12.8 Å². The van der Waals surface area contributed by atoms with E-state index in [1.165, 1.54) is 33.6 Å². The van der Waals surface area contributed by atoms with E-state index in [0.29, 0.717) is 30.2 Å². The van der Waals surface area contributed by atoms with Crippen molar-refractivity contribution < 1.29 is 14.3 Å². The normalized spacial score (nSPS) is 15.3. The van der Waals surface area contributed by atoms with Gasteiger partial charge in [-0.1, -0.05) is 42.1 Å². The van der Waals surface area contributed by atoms with Gasteiger partial charge in [-0.15, -0.1) is 21.5 Å². The summed E-state index contributed by atoms with van der Waals surface area (Å²) >= 11 is 2.77. The molecule has 0 radical (unpaired) electrons. The molecule has 1 aliphatic rings. The SMILES string of the molecule is Nn1c(CCc2ccc(O)cc2)nnc1SCC(=O)N1N=C(c2cccs2)CC1c1ccc(F)cc1. The van der Waals surface area contributed by atoms with Crippen molar-refractivity contribution in [2.24, 2.45) is 5.10 Å². The van der Waals surface area contributed by atoms with Gasteiger partial charge in [0.05, 0.1) is 22.4 Å². The van der Waals surface area contributed by atoms with Crippen LogP contribution >= 0.6 is 23.1 Å². The number of hydrogen-bond acceptors (Lipinski definition) is 8. The minimum absolute atomic E-state index is 0.0756. The molecule has 0 spiro atoms. The van der Waals surface area contributed by atoms with E-state index in [0.717, 1.165) is 21.7 Å². The largest absolute Gasteiger partial charge is 0.508 e. The molecule has 0 bridgehead atoms. The Bertz CT molecular complexity index is 1370. The molecule has 1 aliphatic heterocycles. The van der Waals surface area contributed by atoms with Gasteiger partial charge in [0.25, 0.3) is 5.91 Å². The van der Waals surface area contributed by atoms with Crippen LogP contribution in [0.3, 0.4) is 0 Å². The van der Waals surface area contributed by atoms with Crippen LogP contribution in [0.25, 0.3) is 0 Å². The summed E-state index contributed by atoms with van der Waals surface area (Å²) in [6, 6.07) is 16.8. The zero-order valence-electron chi connectivity index (χ0n) is 19.1. The number of thioether (sulfide) groups is 1. The third kappa shape index (κ3) is 5.26. The number of nitrogen functional groups attached to an aromatic ring is 1. The van der Waals surface area contributed by atoms with Crippen LogP contribution in [0.1, 0.15) is 34.3 Å². The van der Waals surface area contributed by atoms with Gasteiger partial charge >= 0.3 is 0 Å². The van der Waals surface area contributed by atoms with Crippen LogP contribution in [0.4, 0.5) is 4.39 Å². The van der Waals surface area contributed by atoms with Crippen LogP contribution in [-0.2, 0) is 17.6 Å². The summed E-state index contributed by atoms with van der Waals surface area (Å²) in [5.74, 6) is 6.56. The van der Waals surface area contributed by atoms with E-state index in [9.17, 15) is 14.3 Å². The Hall–Kier alpha value is -3.70. The zero-order valence-corrected chi connectivity index (χ0v) is 20.8. The number of halogens is 1. The lowest BCUT2D eigenvalue weighted by molar-refractivity contribution is -0.130. The molecule has 2 aromatic carbocycles. The van der Waals surface area contributed by atoms with Crippen molar-refractivity contribution in [1.29, 1.82) is 0 Å². The maximum absolute atomic E-state index is 13.5. The van der Waals surface area contributed by atoms with E-state index >= 15 is 0 Å². The first-order valence-electron chi connectivity index (χ1n) is 11.3. The van der Waals surface area contributed by atoms with Crippen molar-refractivity contribution in [1.82, 2.24) is 19.9 Å². The van der Waals surface area contributed by atoms with Crippen molar-refractivity contribution in [3.8, 4) is 5.75 Å². The second-order valence-corrected chi connectivity index (χ2v) is 10.1. The number of rotatable bonds is 8. The van der Waals surface area contributed by atoms with Gasteiger partial charge in [-0.2, -0.15) is 5.10 Å². The molecule has 8 nitrogen and oxygen atoms in total. The summed E-state index contributed by atoms with van der Waals surface area (Å²) in [7, 11) is 0. The zero-order chi connectivity index (χ0) is 25.1. The molecule has 5 rings (SSSR count). The monoisotopic (exact) mass is 522 g/mol. The van der Waals surface area contributed by atoms with E-state index in [2.05, 4.69) is 15.3 Å². The number of hydrogen-bond donors (Lipinski definition) is 2. The number of nitrogens with two attached hydrogens (primary N) is 1. The first kappa shape index (κ1) is 24.0. The summed E-state index contributed by atoms with van der Waals surface area (Å²) in [6.07, 6.45) is 1.81. The number of nitrogens with zero attached hydrogens (tertiary/aromatic N) is 5. The molecule has 2 aromatic heterocycles. The van der Waals surface area contributed by atoms with Crippen LogP contribution in [0.2, 0.25) is 0 Å². The predicted molar refractivity (Wildman–Crippen MR) is 138 cm³/mol. The van der Waals surface area contributed by atoms with Crippen molar-refractivity contribution in [2.75, 3.05) is 11.6 Å². The Morgan fingerprint density at radius 1 is 1.11 bits per heavy atom. The van der Waals surface area contributed by atoms with Crippen LogP contribution in [-0.4, -0.2) is 42.4 Å². The summed E-state index contributed by atoms with van der Waals surface area (Å²) in [6.45, 7) is 0. The van der Waals surface area contributed by atoms with Crippen LogP contribution < -0.4 is 5.84 Å². The molecule has 11 heteroatoms. The minimum Gasteiger partial charge on any atom is -0.508 e. The minimum atomic E-state index is -0.326. The Morgan fingerprint density at radius 2 is 1.89 bits per heavy atom. The van der Waals surface area contributed by atoms with Crippen molar-refractivity contribution in [2.45, 2.75) is 30.5 Å². The molecule has 1 atom stereocenters. The first-order chi connectivity index (χ1) is 17.5. The second kappa shape index (κ2) is 10.5. The lowest BCUT2D eigenvalue weighted by Crippen LogP contribution is -2.29. The highest BCUT2D eigenvalue weighted by molar-refractivity contribution is 7.99. The fourth-order valence-corrected chi connectivity index (χ4v) is 5.41. The van der Waals surface area contributed by atoms with Crippen molar-refractivity contribution in [3.05, 3.63) is 93.7 Å². The maximum Gasteiger partial charge on any atom is 0.253 e. The Balaban J connectivity index is 1.26. The molecular weight excluding hydrogens is 499 g/mol. The molecule has 0 saturated carbocycles. The van der Waals surface area contributed by atoms with Crippen LogP contribution in [0, 0.1) is 5.82 Å². The van der Waals surface area contributed by atoms with Gasteiger partial charge in [-0.3, -0.25) is 4.79 Å². The highest BCUT2D eigenvalue weighted by Gasteiger charge is 2.33. The summed E-state index contributed by atoms with van der Waals surface area (Å²) in [5.41, 5.74) is 2.69.